The molecule has 0 amide bonds. The van der Waals surface area contributed by atoms with Gasteiger partial charge in [-0.25, -0.2) is 9.97 Å². The van der Waals surface area contributed by atoms with E-state index >= 15 is 0 Å². The number of aromatic nitrogens is 4. The van der Waals surface area contributed by atoms with Gasteiger partial charge >= 0.3 is 6.18 Å². The lowest BCUT2D eigenvalue weighted by molar-refractivity contribution is -0.718. The average Bonchev–Trinajstić information content (AvgIpc) is 2.91. The Kier molecular flexibility index (Phi) is 3.92. The highest BCUT2D eigenvalue weighted by Crippen LogP contribution is 2.39. The molecule has 138 valence electrons. The normalized spacial score (nSPS) is 12.3. The van der Waals surface area contributed by atoms with E-state index in [0.29, 0.717) is 5.52 Å². The maximum Gasteiger partial charge on any atom is 0.435 e. The number of rotatable bonds is 1. The van der Waals surface area contributed by atoms with Crippen molar-refractivity contribution in [2.45, 2.75) is 26.9 Å². The summed E-state index contributed by atoms with van der Waals surface area (Å²) in [6.07, 6.45) is -4.56. The fraction of sp³-hybridized carbons (Fsp3) is 0.263. The van der Waals surface area contributed by atoms with E-state index in [2.05, 4.69) is 27.2 Å². The Balaban J connectivity index is 2.03. The molecular formula is C19H16F3N4S+. The topological polar surface area (TPSA) is 42.5 Å². The molecule has 0 radical (unpaired) electrons. The van der Waals surface area contributed by atoms with Crippen molar-refractivity contribution in [3.05, 3.63) is 46.8 Å². The molecule has 0 aliphatic rings. The first-order valence-electron chi connectivity index (χ1n) is 8.29. The Morgan fingerprint density at radius 3 is 2.37 bits per heavy atom. The van der Waals surface area contributed by atoms with Gasteiger partial charge in [-0.05, 0) is 37.8 Å². The first kappa shape index (κ1) is 17.8. The van der Waals surface area contributed by atoms with E-state index in [0.717, 1.165) is 31.8 Å². The van der Waals surface area contributed by atoms with Crippen molar-refractivity contribution in [1.82, 2.24) is 15.1 Å². The zero-order valence-corrected chi connectivity index (χ0v) is 16.0. The first-order chi connectivity index (χ1) is 12.7. The van der Waals surface area contributed by atoms with Crippen LogP contribution in [-0.4, -0.2) is 15.1 Å². The molecule has 0 atom stereocenters. The van der Waals surface area contributed by atoms with Crippen LogP contribution in [-0.2, 0) is 13.2 Å². The summed E-state index contributed by atoms with van der Waals surface area (Å²) in [6, 6.07) is 8.10. The number of aryl methyl sites for hydroxylation is 4. The van der Waals surface area contributed by atoms with Crippen molar-refractivity contribution in [2.24, 2.45) is 7.05 Å². The maximum absolute atomic E-state index is 13.2. The van der Waals surface area contributed by atoms with Gasteiger partial charge in [-0.15, -0.1) is 11.3 Å². The number of halogens is 3. The largest absolute Gasteiger partial charge is 0.435 e. The average molecular weight is 389 g/mol. The van der Waals surface area contributed by atoms with E-state index in [1.807, 2.05) is 26.0 Å². The molecule has 0 N–H and O–H groups in total. The minimum Gasteiger partial charge on any atom is -0.247 e. The Hall–Kier alpha value is -2.61. The SMILES string of the molecule is Cc1nc2c(C)c(-c3sc4ccccc4c3C)[n+](C)nc2nc1C(F)(F)F. The summed E-state index contributed by atoms with van der Waals surface area (Å²) in [6.45, 7) is 5.22. The third kappa shape index (κ3) is 2.75. The summed E-state index contributed by atoms with van der Waals surface area (Å²) < 4.78 is 42.2. The molecule has 3 heterocycles. The molecule has 1 aromatic carbocycles. The minimum absolute atomic E-state index is 0.00422. The number of hydrogen-bond acceptors (Lipinski definition) is 4. The van der Waals surface area contributed by atoms with Gasteiger partial charge in [-0.3, -0.25) is 0 Å². The second kappa shape index (κ2) is 5.95. The molecule has 27 heavy (non-hydrogen) atoms. The van der Waals surface area contributed by atoms with Crippen LogP contribution in [0.4, 0.5) is 13.2 Å². The number of fused-ring (bicyclic) bond motifs is 2. The van der Waals surface area contributed by atoms with Crippen LogP contribution in [0.25, 0.3) is 31.8 Å². The lowest BCUT2D eigenvalue weighted by Crippen LogP contribution is -2.37. The summed E-state index contributed by atoms with van der Waals surface area (Å²) in [7, 11) is 1.72. The monoisotopic (exact) mass is 389 g/mol. The van der Waals surface area contributed by atoms with Gasteiger partial charge in [0.2, 0.25) is 5.65 Å². The number of nitrogens with zero attached hydrogens (tertiary/aromatic N) is 4. The van der Waals surface area contributed by atoms with Crippen LogP contribution in [0, 0.1) is 20.8 Å². The standard InChI is InChI=1S/C19H16F3N4S/c1-9-12-7-5-6-8-13(12)27-16(9)15-10(2)14-18(25-26(15)4)24-17(11(3)23-14)19(20,21)22/h5-8H,1-4H3/q+1. The van der Waals surface area contributed by atoms with Gasteiger partial charge < -0.3 is 0 Å². The first-order valence-corrected chi connectivity index (χ1v) is 9.11. The van der Waals surface area contributed by atoms with E-state index in [1.165, 1.54) is 6.92 Å². The molecule has 0 saturated carbocycles. The molecular weight excluding hydrogens is 373 g/mol. The lowest BCUT2D eigenvalue weighted by atomic mass is 10.1. The summed E-state index contributed by atoms with van der Waals surface area (Å²) in [5.41, 5.74) is 1.98. The zero-order chi connectivity index (χ0) is 19.5. The number of hydrogen-bond donors (Lipinski definition) is 0. The molecule has 4 aromatic rings. The Morgan fingerprint density at radius 1 is 1.00 bits per heavy atom. The van der Waals surface area contributed by atoms with Gasteiger partial charge in [0, 0.05) is 9.80 Å². The predicted molar refractivity (Wildman–Crippen MR) is 98.5 cm³/mol. The number of benzene rings is 1. The molecule has 0 aliphatic carbocycles. The summed E-state index contributed by atoms with van der Waals surface area (Å²) in [5.74, 6) is 0. The second-order valence-corrected chi connectivity index (χ2v) is 7.53. The summed E-state index contributed by atoms with van der Waals surface area (Å²) in [4.78, 5) is 8.98. The molecule has 4 rings (SSSR count). The van der Waals surface area contributed by atoms with Crippen molar-refractivity contribution < 1.29 is 17.9 Å². The van der Waals surface area contributed by atoms with Crippen molar-refractivity contribution in [3.63, 3.8) is 0 Å². The third-order valence-electron chi connectivity index (χ3n) is 4.66. The van der Waals surface area contributed by atoms with Crippen LogP contribution in [0.2, 0.25) is 0 Å². The number of thiophene rings is 1. The highest BCUT2D eigenvalue weighted by Gasteiger charge is 2.36. The highest BCUT2D eigenvalue weighted by molar-refractivity contribution is 7.22. The summed E-state index contributed by atoms with van der Waals surface area (Å²) >= 11 is 1.64. The number of alkyl halides is 3. The second-order valence-electron chi connectivity index (χ2n) is 6.48. The van der Waals surface area contributed by atoms with Gasteiger partial charge in [0.15, 0.2) is 12.7 Å². The molecule has 0 saturated heterocycles. The molecule has 0 fully saturated rings. The fourth-order valence-electron chi connectivity index (χ4n) is 3.36. The maximum atomic E-state index is 13.2. The molecule has 3 aromatic heterocycles. The van der Waals surface area contributed by atoms with Crippen LogP contribution in [0.5, 0.6) is 0 Å². The third-order valence-corrected chi connectivity index (χ3v) is 5.94. The van der Waals surface area contributed by atoms with E-state index in [9.17, 15) is 13.2 Å². The van der Waals surface area contributed by atoms with Crippen LogP contribution >= 0.6 is 11.3 Å². The van der Waals surface area contributed by atoms with Crippen LogP contribution in [0.15, 0.2) is 24.3 Å². The molecule has 8 heteroatoms. The quantitative estimate of drug-likeness (QED) is 0.444. The Morgan fingerprint density at radius 2 is 1.70 bits per heavy atom. The van der Waals surface area contributed by atoms with Crippen LogP contribution < -0.4 is 4.68 Å². The molecule has 0 aliphatic heterocycles. The van der Waals surface area contributed by atoms with Gasteiger partial charge in [-0.2, -0.15) is 13.2 Å². The van der Waals surface area contributed by atoms with Crippen molar-refractivity contribution in [2.75, 3.05) is 0 Å². The Labute approximate surface area is 157 Å². The van der Waals surface area contributed by atoms with E-state index in [1.54, 1.807) is 23.1 Å². The lowest BCUT2D eigenvalue weighted by Gasteiger charge is -2.10. The molecule has 0 bridgehead atoms. The van der Waals surface area contributed by atoms with Crippen molar-refractivity contribution in [3.8, 4) is 10.6 Å². The van der Waals surface area contributed by atoms with Crippen molar-refractivity contribution >= 4 is 32.6 Å². The Bertz CT molecular complexity index is 1210. The van der Waals surface area contributed by atoms with Gasteiger partial charge in [-0.1, -0.05) is 22.9 Å². The highest BCUT2D eigenvalue weighted by atomic mass is 32.1. The smallest absolute Gasteiger partial charge is 0.247 e. The zero-order valence-electron chi connectivity index (χ0n) is 15.1. The van der Waals surface area contributed by atoms with Crippen LogP contribution in [0.1, 0.15) is 22.5 Å². The van der Waals surface area contributed by atoms with Gasteiger partial charge in [0.1, 0.15) is 10.4 Å². The minimum atomic E-state index is -4.56. The predicted octanol–water partition coefficient (Wildman–Crippen LogP) is 4.68. The molecule has 0 spiro atoms. The molecule has 0 unspecified atom stereocenters. The fourth-order valence-corrected chi connectivity index (χ4v) is 4.71. The van der Waals surface area contributed by atoms with Crippen LogP contribution in [0.3, 0.4) is 0 Å². The molecule has 4 nitrogen and oxygen atoms in total. The van der Waals surface area contributed by atoms with Gasteiger partial charge in [0.05, 0.1) is 11.3 Å². The summed E-state index contributed by atoms with van der Waals surface area (Å²) in [5, 5.41) is 5.45. The van der Waals surface area contributed by atoms with E-state index in [4.69, 9.17) is 0 Å². The van der Waals surface area contributed by atoms with E-state index < -0.39 is 11.9 Å². The van der Waals surface area contributed by atoms with Gasteiger partial charge in [0.25, 0.3) is 5.69 Å². The van der Waals surface area contributed by atoms with E-state index in [-0.39, 0.29) is 11.3 Å². The van der Waals surface area contributed by atoms with Crippen molar-refractivity contribution in [1.29, 1.82) is 0 Å².